The van der Waals surface area contributed by atoms with Gasteiger partial charge in [-0.1, -0.05) is 12.1 Å². The number of hydrogen-bond acceptors (Lipinski definition) is 3. The van der Waals surface area contributed by atoms with Crippen molar-refractivity contribution < 1.29 is 18.3 Å². The second-order valence-corrected chi connectivity index (χ2v) is 4.39. The van der Waals surface area contributed by atoms with Crippen molar-refractivity contribution in [3.05, 3.63) is 29.8 Å². The Bertz CT molecular complexity index is 440. The number of hydrogen-bond donors (Lipinski definition) is 2. The Kier molecular flexibility index (Phi) is 6.67. The molecule has 1 fully saturated rings. The summed E-state index contributed by atoms with van der Waals surface area (Å²) in [6, 6.07) is 6.18. The normalized spacial score (nSPS) is 17.6. The number of benzene rings is 1. The smallest absolute Gasteiger partial charge is 0.387 e. The highest BCUT2D eigenvalue weighted by Gasteiger charge is 2.21. The van der Waals surface area contributed by atoms with Crippen LogP contribution in [0.25, 0.3) is 0 Å². The van der Waals surface area contributed by atoms with Crippen molar-refractivity contribution in [3.63, 3.8) is 0 Å². The molecule has 1 unspecified atom stereocenters. The molecule has 0 spiro atoms. The number of carbonyl (C=O) groups excluding carboxylic acids is 1. The first-order valence-electron chi connectivity index (χ1n) is 6.20. The van der Waals surface area contributed by atoms with Crippen LogP contribution >= 0.6 is 12.4 Å². The fourth-order valence-electron chi connectivity index (χ4n) is 2.05. The highest BCUT2D eigenvalue weighted by Crippen LogP contribution is 2.16. The third-order valence-electron chi connectivity index (χ3n) is 2.97. The largest absolute Gasteiger partial charge is 0.435 e. The second-order valence-electron chi connectivity index (χ2n) is 4.39. The standard InChI is InChI=1S/C13H16F2N2O2.ClH/c14-13(15)19-10-4-1-3-9(7-10)8-17-12(18)11-5-2-6-16-11;/h1,3-4,7,11,13,16H,2,5-6,8H2,(H,17,18);1H. The number of halogens is 3. The fraction of sp³-hybridized carbons (Fsp3) is 0.462. The minimum atomic E-state index is -2.84. The SMILES string of the molecule is Cl.O=C(NCc1cccc(OC(F)F)c1)C1CCCN1. The summed E-state index contributed by atoms with van der Waals surface area (Å²) >= 11 is 0. The fourth-order valence-corrected chi connectivity index (χ4v) is 2.05. The Morgan fingerprint density at radius 2 is 2.30 bits per heavy atom. The molecule has 112 valence electrons. The molecule has 7 heteroatoms. The molecule has 1 aliphatic rings. The van der Waals surface area contributed by atoms with Gasteiger partial charge in [-0.05, 0) is 37.1 Å². The number of carbonyl (C=O) groups is 1. The van der Waals surface area contributed by atoms with E-state index in [4.69, 9.17) is 0 Å². The predicted molar refractivity (Wildman–Crippen MR) is 73.2 cm³/mol. The molecule has 1 aromatic carbocycles. The van der Waals surface area contributed by atoms with Gasteiger partial charge in [0.25, 0.3) is 0 Å². The number of amides is 1. The Morgan fingerprint density at radius 3 is 2.95 bits per heavy atom. The van der Waals surface area contributed by atoms with Crippen molar-refractivity contribution in [1.82, 2.24) is 10.6 Å². The van der Waals surface area contributed by atoms with Crippen molar-refractivity contribution in [2.45, 2.75) is 32.0 Å². The first kappa shape index (κ1) is 16.7. The van der Waals surface area contributed by atoms with Crippen LogP contribution < -0.4 is 15.4 Å². The van der Waals surface area contributed by atoms with Crippen LogP contribution in [0.2, 0.25) is 0 Å². The summed E-state index contributed by atoms with van der Waals surface area (Å²) in [7, 11) is 0. The maximum Gasteiger partial charge on any atom is 0.387 e. The molecule has 1 heterocycles. The molecule has 1 aromatic rings. The van der Waals surface area contributed by atoms with Crippen molar-refractivity contribution in [3.8, 4) is 5.75 Å². The summed E-state index contributed by atoms with van der Waals surface area (Å²) in [6.45, 7) is -1.68. The number of ether oxygens (including phenoxy) is 1. The summed E-state index contributed by atoms with van der Waals surface area (Å²) < 4.78 is 28.4. The van der Waals surface area contributed by atoms with Crippen LogP contribution in [0.15, 0.2) is 24.3 Å². The van der Waals surface area contributed by atoms with E-state index >= 15 is 0 Å². The lowest BCUT2D eigenvalue weighted by Crippen LogP contribution is -2.39. The van der Waals surface area contributed by atoms with Gasteiger partial charge in [0.2, 0.25) is 5.91 Å². The molecule has 1 amide bonds. The van der Waals surface area contributed by atoms with Gasteiger partial charge < -0.3 is 15.4 Å². The topological polar surface area (TPSA) is 50.4 Å². The Morgan fingerprint density at radius 1 is 1.50 bits per heavy atom. The molecular weight excluding hydrogens is 290 g/mol. The van der Waals surface area contributed by atoms with Crippen molar-refractivity contribution in [1.29, 1.82) is 0 Å². The summed E-state index contributed by atoms with van der Waals surface area (Å²) in [6.07, 6.45) is 1.83. The van der Waals surface area contributed by atoms with Gasteiger partial charge in [-0.3, -0.25) is 4.79 Å². The quantitative estimate of drug-likeness (QED) is 0.876. The first-order valence-corrected chi connectivity index (χ1v) is 6.20. The summed E-state index contributed by atoms with van der Waals surface area (Å²) in [5, 5.41) is 5.87. The lowest BCUT2D eigenvalue weighted by molar-refractivity contribution is -0.122. The third-order valence-corrected chi connectivity index (χ3v) is 2.97. The zero-order valence-electron chi connectivity index (χ0n) is 10.8. The van der Waals surface area contributed by atoms with Gasteiger partial charge in [-0.25, -0.2) is 0 Å². The molecule has 20 heavy (non-hydrogen) atoms. The maximum absolute atomic E-state index is 12.1. The lowest BCUT2D eigenvalue weighted by atomic mass is 10.2. The highest BCUT2D eigenvalue weighted by atomic mass is 35.5. The monoisotopic (exact) mass is 306 g/mol. The van der Waals surface area contributed by atoms with Crippen LogP contribution in [-0.2, 0) is 11.3 Å². The van der Waals surface area contributed by atoms with Crippen molar-refractivity contribution in [2.75, 3.05) is 6.54 Å². The van der Waals surface area contributed by atoms with Gasteiger partial charge in [-0.15, -0.1) is 12.4 Å². The average molecular weight is 307 g/mol. The van der Waals surface area contributed by atoms with Gasteiger partial charge in [-0.2, -0.15) is 8.78 Å². The highest BCUT2D eigenvalue weighted by molar-refractivity contribution is 5.85. The van der Waals surface area contributed by atoms with E-state index in [1.165, 1.54) is 12.1 Å². The Hall–Kier alpha value is -1.40. The molecule has 1 saturated heterocycles. The van der Waals surface area contributed by atoms with Gasteiger partial charge in [0.05, 0.1) is 6.04 Å². The van der Waals surface area contributed by atoms with Gasteiger partial charge in [0, 0.05) is 6.54 Å². The molecular formula is C13H17ClF2N2O2. The summed E-state index contributed by atoms with van der Waals surface area (Å²) in [5.74, 6) is 0.0402. The molecule has 4 nitrogen and oxygen atoms in total. The van der Waals surface area contributed by atoms with Crippen LogP contribution in [0.3, 0.4) is 0 Å². The van der Waals surface area contributed by atoms with Gasteiger partial charge >= 0.3 is 6.61 Å². The average Bonchev–Trinajstić information content (AvgIpc) is 2.89. The van der Waals surface area contributed by atoms with Crippen molar-refractivity contribution >= 4 is 18.3 Å². The van der Waals surface area contributed by atoms with E-state index in [0.29, 0.717) is 6.54 Å². The van der Waals surface area contributed by atoms with E-state index in [0.717, 1.165) is 24.9 Å². The lowest BCUT2D eigenvalue weighted by Gasteiger charge is -2.11. The maximum atomic E-state index is 12.1. The van der Waals surface area contributed by atoms with E-state index in [1.807, 2.05) is 0 Å². The third kappa shape index (κ3) is 4.94. The van der Waals surface area contributed by atoms with Gasteiger partial charge in [0.1, 0.15) is 5.75 Å². The second kappa shape index (κ2) is 8.01. The van der Waals surface area contributed by atoms with Crippen LogP contribution in [0.4, 0.5) is 8.78 Å². The molecule has 0 bridgehead atoms. The van der Waals surface area contributed by atoms with E-state index in [9.17, 15) is 13.6 Å². The first-order chi connectivity index (χ1) is 9.15. The van der Waals surface area contributed by atoms with Crippen LogP contribution in [0, 0.1) is 0 Å². The molecule has 2 N–H and O–H groups in total. The molecule has 0 saturated carbocycles. The van der Waals surface area contributed by atoms with Gasteiger partial charge in [0.15, 0.2) is 0 Å². The Labute approximate surface area is 122 Å². The Balaban J connectivity index is 0.00000200. The molecule has 2 rings (SSSR count). The number of alkyl halides is 2. The minimum absolute atomic E-state index is 0. The molecule has 1 atom stereocenters. The zero-order valence-corrected chi connectivity index (χ0v) is 11.6. The van der Waals surface area contributed by atoms with E-state index in [-0.39, 0.29) is 30.1 Å². The van der Waals surface area contributed by atoms with E-state index in [2.05, 4.69) is 15.4 Å². The number of nitrogens with one attached hydrogen (secondary N) is 2. The molecule has 0 radical (unpaired) electrons. The van der Waals surface area contributed by atoms with Crippen LogP contribution in [0.1, 0.15) is 18.4 Å². The van der Waals surface area contributed by atoms with Crippen molar-refractivity contribution in [2.24, 2.45) is 0 Å². The summed E-state index contributed by atoms with van der Waals surface area (Å²) in [4.78, 5) is 11.8. The van der Waals surface area contributed by atoms with E-state index < -0.39 is 6.61 Å². The molecule has 0 aliphatic carbocycles. The summed E-state index contributed by atoms with van der Waals surface area (Å²) in [5.41, 5.74) is 0.726. The minimum Gasteiger partial charge on any atom is -0.435 e. The molecule has 1 aliphatic heterocycles. The predicted octanol–water partition coefficient (Wildman–Crippen LogP) is 2.08. The molecule has 0 aromatic heterocycles. The van der Waals surface area contributed by atoms with Crippen LogP contribution in [-0.4, -0.2) is 25.1 Å². The zero-order chi connectivity index (χ0) is 13.7. The van der Waals surface area contributed by atoms with E-state index in [1.54, 1.807) is 12.1 Å². The van der Waals surface area contributed by atoms with Crippen LogP contribution in [0.5, 0.6) is 5.75 Å². The number of rotatable bonds is 5.